The topological polar surface area (TPSA) is 65.2 Å². The third-order valence-electron chi connectivity index (χ3n) is 5.58. The maximum atomic E-state index is 12.6. The van der Waals surface area contributed by atoms with Gasteiger partial charge in [-0.05, 0) is 55.7 Å². The Bertz CT molecular complexity index is 1090. The highest BCUT2D eigenvalue weighted by atomic mass is 35.5. The highest BCUT2D eigenvalue weighted by Gasteiger charge is 2.35. The van der Waals surface area contributed by atoms with Gasteiger partial charge in [0.05, 0.1) is 5.92 Å². The molecular weight excluding hydrogens is 386 g/mol. The Labute approximate surface area is 175 Å². The van der Waals surface area contributed by atoms with E-state index in [-0.39, 0.29) is 24.2 Å². The Balaban J connectivity index is 1.36. The first kappa shape index (κ1) is 19.5. The first-order chi connectivity index (χ1) is 13.9. The maximum absolute atomic E-state index is 12.6. The number of hydrogen-bond donors (Lipinski definition) is 2. The molecule has 29 heavy (non-hydrogen) atoms. The van der Waals surface area contributed by atoms with Crippen molar-refractivity contribution in [1.29, 1.82) is 0 Å². The quantitative estimate of drug-likeness (QED) is 0.664. The first-order valence-corrected chi connectivity index (χ1v) is 10.2. The van der Waals surface area contributed by atoms with Crippen LogP contribution in [-0.4, -0.2) is 29.9 Å². The molecule has 0 radical (unpaired) electrons. The van der Waals surface area contributed by atoms with Gasteiger partial charge in [0.1, 0.15) is 0 Å². The van der Waals surface area contributed by atoms with E-state index in [0.717, 1.165) is 23.2 Å². The molecule has 1 aromatic heterocycles. The standard InChI is InChI=1S/C23H24ClN3O2/c1-14-3-6-21-19(9-14)16(12-26-21)7-8-25-23(29)17-10-22(28)27(13-17)18-5-4-15(2)20(24)11-18/h3-6,9,11-12,17,26H,7-8,10,13H2,1-2H3,(H,25,29)/t17-/m1/s1. The van der Waals surface area contributed by atoms with Crippen molar-refractivity contribution in [2.45, 2.75) is 26.7 Å². The van der Waals surface area contributed by atoms with Gasteiger partial charge in [-0.3, -0.25) is 9.59 Å². The minimum absolute atomic E-state index is 0.0443. The summed E-state index contributed by atoms with van der Waals surface area (Å²) in [6, 6.07) is 11.9. The number of nitrogens with one attached hydrogen (secondary N) is 2. The Kier molecular flexibility index (Phi) is 5.33. The molecule has 3 aromatic rings. The molecule has 1 saturated heterocycles. The number of aromatic nitrogens is 1. The number of benzene rings is 2. The minimum Gasteiger partial charge on any atom is -0.361 e. The second kappa shape index (κ2) is 7.91. The number of anilines is 1. The van der Waals surface area contributed by atoms with Gasteiger partial charge in [0.15, 0.2) is 0 Å². The van der Waals surface area contributed by atoms with E-state index in [2.05, 4.69) is 35.4 Å². The highest BCUT2D eigenvalue weighted by Crippen LogP contribution is 2.29. The van der Waals surface area contributed by atoms with Crippen molar-refractivity contribution < 1.29 is 9.59 Å². The molecule has 2 amide bonds. The smallest absolute Gasteiger partial charge is 0.227 e. The van der Waals surface area contributed by atoms with Gasteiger partial charge in [-0.1, -0.05) is 29.3 Å². The van der Waals surface area contributed by atoms with Gasteiger partial charge in [0.25, 0.3) is 0 Å². The molecule has 2 heterocycles. The molecule has 4 rings (SSSR count). The van der Waals surface area contributed by atoms with Crippen molar-refractivity contribution in [1.82, 2.24) is 10.3 Å². The Morgan fingerprint density at radius 1 is 1.24 bits per heavy atom. The zero-order chi connectivity index (χ0) is 20.5. The summed E-state index contributed by atoms with van der Waals surface area (Å²) in [7, 11) is 0. The minimum atomic E-state index is -0.340. The summed E-state index contributed by atoms with van der Waals surface area (Å²) < 4.78 is 0. The molecule has 2 N–H and O–H groups in total. The molecule has 0 aliphatic carbocycles. The van der Waals surface area contributed by atoms with E-state index < -0.39 is 0 Å². The number of carbonyl (C=O) groups excluding carboxylic acids is 2. The summed E-state index contributed by atoms with van der Waals surface area (Å²) >= 11 is 6.19. The predicted molar refractivity (Wildman–Crippen MR) is 116 cm³/mol. The van der Waals surface area contributed by atoms with Gasteiger partial charge in [0.2, 0.25) is 11.8 Å². The van der Waals surface area contributed by atoms with E-state index in [1.54, 1.807) is 11.0 Å². The fourth-order valence-corrected chi connectivity index (χ4v) is 4.02. The van der Waals surface area contributed by atoms with Crippen molar-refractivity contribution in [3.63, 3.8) is 0 Å². The van der Waals surface area contributed by atoms with Crippen molar-refractivity contribution in [3.8, 4) is 0 Å². The number of aryl methyl sites for hydroxylation is 2. The van der Waals surface area contributed by atoms with Crippen LogP contribution in [-0.2, 0) is 16.0 Å². The summed E-state index contributed by atoms with van der Waals surface area (Å²) in [4.78, 5) is 30.0. The van der Waals surface area contributed by atoms with Crippen LogP contribution in [0.4, 0.5) is 5.69 Å². The van der Waals surface area contributed by atoms with Crippen LogP contribution >= 0.6 is 11.6 Å². The molecule has 2 aromatic carbocycles. The second-order valence-corrected chi connectivity index (χ2v) is 8.15. The number of rotatable bonds is 5. The molecule has 1 aliphatic heterocycles. The number of nitrogens with zero attached hydrogens (tertiary/aromatic N) is 1. The summed E-state index contributed by atoms with van der Waals surface area (Å²) in [5.41, 5.74) is 5.20. The second-order valence-electron chi connectivity index (χ2n) is 7.74. The number of halogens is 1. The lowest BCUT2D eigenvalue weighted by molar-refractivity contribution is -0.126. The van der Waals surface area contributed by atoms with Crippen LogP contribution in [0.15, 0.2) is 42.6 Å². The molecule has 1 aliphatic rings. The van der Waals surface area contributed by atoms with E-state index in [1.165, 1.54) is 16.5 Å². The average Bonchev–Trinajstić information content (AvgIpc) is 3.27. The maximum Gasteiger partial charge on any atom is 0.227 e. The molecule has 1 atom stereocenters. The van der Waals surface area contributed by atoms with Crippen LogP contribution in [0.1, 0.15) is 23.1 Å². The van der Waals surface area contributed by atoms with Gasteiger partial charge in [-0.25, -0.2) is 0 Å². The monoisotopic (exact) mass is 409 g/mol. The SMILES string of the molecule is Cc1ccc2[nH]cc(CCNC(=O)[C@@H]3CC(=O)N(c4ccc(C)c(Cl)c4)C3)c2c1. The molecule has 0 unspecified atom stereocenters. The summed E-state index contributed by atoms with van der Waals surface area (Å²) in [6.45, 7) is 4.92. The van der Waals surface area contributed by atoms with Crippen LogP contribution in [0.5, 0.6) is 0 Å². The summed E-state index contributed by atoms with van der Waals surface area (Å²) in [5, 5.41) is 4.81. The van der Waals surface area contributed by atoms with E-state index in [4.69, 9.17) is 11.6 Å². The van der Waals surface area contributed by atoms with E-state index in [9.17, 15) is 9.59 Å². The zero-order valence-corrected chi connectivity index (χ0v) is 17.3. The molecule has 6 heteroatoms. The van der Waals surface area contributed by atoms with E-state index in [0.29, 0.717) is 18.1 Å². The van der Waals surface area contributed by atoms with Crippen LogP contribution in [0.2, 0.25) is 5.02 Å². The number of aromatic amines is 1. The number of hydrogen-bond acceptors (Lipinski definition) is 2. The van der Waals surface area contributed by atoms with Gasteiger partial charge in [-0.2, -0.15) is 0 Å². The number of fused-ring (bicyclic) bond motifs is 1. The summed E-state index contributed by atoms with van der Waals surface area (Å²) in [5.74, 6) is -0.458. The molecule has 1 fully saturated rings. The van der Waals surface area contributed by atoms with Crippen LogP contribution < -0.4 is 10.2 Å². The van der Waals surface area contributed by atoms with Gasteiger partial charge < -0.3 is 15.2 Å². The first-order valence-electron chi connectivity index (χ1n) is 9.83. The predicted octanol–water partition coefficient (Wildman–Crippen LogP) is 4.15. The van der Waals surface area contributed by atoms with Gasteiger partial charge in [-0.15, -0.1) is 0 Å². The lowest BCUT2D eigenvalue weighted by Crippen LogP contribution is -2.34. The molecular formula is C23H24ClN3O2. The Morgan fingerprint density at radius 3 is 2.86 bits per heavy atom. The van der Waals surface area contributed by atoms with Gasteiger partial charge in [0, 0.05) is 47.3 Å². The molecule has 0 saturated carbocycles. The van der Waals surface area contributed by atoms with Crippen molar-refractivity contribution >= 4 is 40.0 Å². The Morgan fingerprint density at radius 2 is 2.07 bits per heavy atom. The molecule has 150 valence electrons. The highest BCUT2D eigenvalue weighted by molar-refractivity contribution is 6.31. The largest absolute Gasteiger partial charge is 0.361 e. The third kappa shape index (κ3) is 4.01. The van der Waals surface area contributed by atoms with Crippen LogP contribution in [0.3, 0.4) is 0 Å². The van der Waals surface area contributed by atoms with Crippen LogP contribution in [0.25, 0.3) is 10.9 Å². The average molecular weight is 410 g/mol. The lowest BCUT2D eigenvalue weighted by Gasteiger charge is -2.17. The Hall–Kier alpha value is -2.79. The normalized spacial score (nSPS) is 16.6. The summed E-state index contributed by atoms with van der Waals surface area (Å²) in [6.07, 6.45) is 2.97. The lowest BCUT2D eigenvalue weighted by atomic mass is 10.1. The molecule has 5 nitrogen and oxygen atoms in total. The van der Waals surface area contributed by atoms with Crippen molar-refractivity contribution in [2.24, 2.45) is 5.92 Å². The van der Waals surface area contributed by atoms with E-state index in [1.807, 2.05) is 25.3 Å². The number of amides is 2. The zero-order valence-electron chi connectivity index (χ0n) is 16.6. The van der Waals surface area contributed by atoms with Crippen molar-refractivity contribution in [2.75, 3.05) is 18.0 Å². The third-order valence-corrected chi connectivity index (χ3v) is 5.99. The van der Waals surface area contributed by atoms with Crippen molar-refractivity contribution in [3.05, 3.63) is 64.3 Å². The van der Waals surface area contributed by atoms with E-state index >= 15 is 0 Å². The number of carbonyl (C=O) groups is 2. The fraction of sp³-hybridized carbons (Fsp3) is 0.304. The van der Waals surface area contributed by atoms with Gasteiger partial charge >= 0.3 is 0 Å². The van der Waals surface area contributed by atoms with Crippen LogP contribution in [0, 0.1) is 19.8 Å². The fourth-order valence-electron chi connectivity index (χ4n) is 3.85. The molecule has 0 spiro atoms. The molecule has 0 bridgehead atoms. The number of H-pyrrole nitrogens is 1.